The molecule has 2 heterocycles. The molecule has 1 aliphatic heterocycles. The van der Waals surface area contributed by atoms with E-state index in [0.29, 0.717) is 41.1 Å². The smallest absolute Gasteiger partial charge is 0.234 e. The lowest BCUT2D eigenvalue weighted by Gasteiger charge is -2.39. The summed E-state index contributed by atoms with van der Waals surface area (Å²) in [5.74, 6) is -2.32. The summed E-state index contributed by atoms with van der Waals surface area (Å²) in [5.41, 5.74) is 2.39. The van der Waals surface area contributed by atoms with Crippen molar-refractivity contribution in [3.05, 3.63) is 71.4 Å². The average Bonchev–Trinajstić information content (AvgIpc) is 2.67. The van der Waals surface area contributed by atoms with Gasteiger partial charge in [-0.25, -0.2) is 4.39 Å². The fourth-order valence-corrected chi connectivity index (χ4v) is 4.50. The maximum absolute atomic E-state index is 14.9. The van der Waals surface area contributed by atoms with Crippen molar-refractivity contribution in [2.24, 2.45) is 16.3 Å². The third kappa shape index (κ3) is 3.70. The van der Waals surface area contributed by atoms with E-state index in [1.807, 2.05) is 13.8 Å². The van der Waals surface area contributed by atoms with Crippen LogP contribution in [-0.2, 0) is 9.59 Å². The molecule has 0 saturated carbocycles. The van der Waals surface area contributed by atoms with E-state index >= 15 is 0 Å². The van der Waals surface area contributed by atoms with Gasteiger partial charge in [-0.15, -0.1) is 0 Å². The molecule has 2 aliphatic rings. The summed E-state index contributed by atoms with van der Waals surface area (Å²) in [6.07, 6.45) is 4.13. The number of anilines is 1. The lowest BCUT2D eigenvalue weighted by atomic mass is 9.66. The molecule has 1 amide bonds. The predicted octanol–water partition coefficient (Wildman–Crippen LogP) is 4.68. The van der Waals surface area contributed by atoms with Crippen molar-refractivity contribution in [3.63, 3.8) is 0 Å². The van der Waals surface area contributed by atoms with Crippen LogP contribution < -0.4 is 5.32 Å². The van der Waals surface area contributed by atoms with Crippen LogP contribution >= 0.6 is 0 Å². The summed E-state index contributed by atoms with van der Waals surface area (Å²) in [7, 11) is 0. The molecule has 1 aliphatic carbocycles. The lowest BCUT2D eigenvalue weighted by molar-refractivity contribution is -0.119. The molecule has 4 rings (SSSR count). The van der Waals surface area contributed by atoms with Crippen molar-refractivity contribution in [3.8, 4) is 0 Å². The molecule has 2 atom stereocenters. The van der Waals surface area contributed by atoms with E-state index in [1.54, 1.807) is 49.6 Å². The first-order valence-electron chi connectivity index (χ1n) is 10.0. The van der Waals surface area contributed by atoms with Crippen LogP contribution in [0.5, 0.6) is 0 Å². The molecule has 154 valence electrons. The molecular formula is C24H24FN3O2. The van der Waals surface area contributed by atoms with Crippen LogP contribution in [0.3, 0.4) is 0 Å². The fourth-order valence-electron chi connectivity index (χ4n) is 4.50. The number of Topliss-reactive ketones (excluding diaryl/α,β-unsaturated/α-hetero) is 1. The van der Waals surface area contributed by atoms with E-state index in [1.165, 1.54) is 6.07 Å². The van der Waals surface area contributed by atoms with Crippen molar-refractivity contribution >= 4 is 23.1 Å². The second kappa shape index (κ2) is 7.59. The molecule has 1 unspecified atom stereocenters. The maximum atomic E-state index is 14.9. The molecule has 0 bridgehead atoms. The normalized spacial score (nSPS) is 22.9. The number of amides is 1. The van der Waals surface area contributed by atoms with Crippen molar-refractivity contribution < 1.29 is 14.0 Å². The van der Waals surface area contributed by atoms with E-state index in [0.717, 1.165) is 0 Å². The van der Waals surface area contributed by atoms with Crippen LogP contribution in [-0.4, -0.2) is 22.4 Å². The number of aliphatic imine (C=N–C) groups is 1. The van der Waals surface area contributed by atoms with Gasteiger partial charge < -0.3 is 5.32 Å². The summed E-state index contributed by atoms with van der Waals surface area (Å²) in [6.45, 7) is 5.83. The Labute approximate surface area is 175 Å². The van der Waals surface area contributed by atoms with Crippen LogP contribution in [0.15, 0.2) is 65.1 Å². The fraction of sp³-hybridized carbons (Fsp3) is 0.333. The standard InChI is InChI=1S/C24H24FN3O2/c1-14-20(23(30)28-15-7-6-10-26-13-15)21(16-8-4-5-9-17(16)25)22-18(27-14)11-24(2,3)12-19(22)29/h4-10,13,20-21H,11-12H2,1-3H3,(H,28,30)/t20?,21-/m0/s1. The van der Waals surface area contributed by atoms with E-state index in [2.05, 4.69) is 15.3 Å². The number of nitrogens with one attached hydrogen (secondary N) is 1. The van der Waals surface area contributed by atoms with Gasteiger partial charge in [-0.1, -0.05) is 32.0 Å². The van der Waals surface area contributed by atoms with E-state index in [9.17, 15) is 14.0 Å². The van der Waals surface area contributed by atoms with Gasteiger partial charge in [0.1, 0.15) is 5.82 Å². The minimum atomic E-state index is -0.786. The summed E-state index contributed by atoms with van der Waals surface area (Å²) < 4.78 is 14.9. The number of nitrogens with zero attached hydrogens (tertiary/aromatic N) is 2. The van der Waals surface area contributed by atoms with E-state index in [-0.39, 0.29) is 17.1 Å². The van der Waals surface area contributed by atoms with Crippen molar-refractivity contribution in [2.45, 2.75) is 39.5 Å². The van der Waals surface area contributed by atoms with Gasteiger partial charge in [-0.3, -0.25) is 19.6 Å². The zero-order chi connectivity index (χ0) is 21.5. The molecule has 0 saturated heterocycles. The number of hydrogen-bond acceptors (Lipinski definition) is 4. The Hall–Kier alpha value is -3.15. The molecular weight excluding hydrogens is 381 g/mol. The maximum Gasteiger partial charge on any atom is 0.234 e. The Morgan fingerprint density at radius 1 is 1.17 bits per heavy atom. The largest absolute Gasteiger partial charge is 0.324 e. The summed E-state index contributed by atoms with van der Waals surface area (Å²) in [5, 5.41) is 2.85. The molecule has 1 N–H and O–H groups in total. The zero-order valence-electron chi connectivity index (χ0n) is 17.3. The average molecular weight is 405 g/mol. The van der Waals surface area contributed by atoms with E-state index < -0.39 is 17.7 Å². The monoisotopic (exact) mass is 405 g/mol. The van der Waals surface area contributed by atoms with Gasteiger partial charge in [0.25, 0.3) is 0 Å². The molecule has 1 aromatic carbocycles. The molecule has 0 radical (unpaired) electrons. The third-order valence-corrected chi connectivity index (χ3v) is 5.75. The van der Waals surface area contributed by atoms with Crippen LogP contribution in [0.25, 0.3) is 0 Å². The highest BCUT2D eigenvalue weighted by molar-refractivity contribution is 6.13. The first kappa shape index (κ1) is 20.1. The molecule has 1 aromatic heterocycles. The second-order valence-electron chi connectivity index (χ2n) is 8.76. The highest BCUT2D eigenvalue weighted by Crippen LogP contribution is 2.48. The van der Waals surface area contributed by atoms with Gasteiger partial charge in [-0.2, -0.15) is 0 Å². The molecule has 5 nitrogen and oxygen atoms in total. The predicted molar refractivity (Wildman–Crippen MR) is 114 cm³/mol. The molecule has 0 spiro atoms. The Morgan fingerprint density at radius 2 is 1.93 bits per heavy atom. The molecule has 2 aromatic rings. The van der Waals surface area contributed by atoms with Crippen LogP contribution in [0, 0.1) is 17.2 Å². The lowest BCUT2D eigenvalue weighted by Crippen LogP contribution is -2.41. The minimum absolute atomic E-state index is 0.0649. The van der Waals surface area contributed by atoms with Crippen molar-refractivity contribution in [1.82, 2.24) is 4.98 Å². The molecule has 6 heteroatoms. The van der Waals surface area contributed by atoms with Gasteiger partial charge in [0, 0.05) is 35.5 Å². The highest BCUT2D eigenvalue weighted by atomic mass is 19.1. The Bertz CT molecular complexity index is 1070. The van der Waals surface area contributed by atoms with Gasteiger partial charge in [-0.05, 0) is 42.5 Å². The van der Waals surface area contributed by atoms with E-state index in [4.69, 9.17) is 0 Å². The number of pyridine rings is 1. The van der Waals surface area contributed by atoms with Gasteiger partial charge in [0.05, 0.1) is 17.8 Å². The number of allylic oxidation sites excluding steroid dienone is 2. The first-order chi connectivity index (χ1) is 14.3. The minimum Gasteiger partial charge on any atom is -0.324 e. The zero-order valence-corrected chi connectivity index (χ0v) is 17.3. The Kier molecular flexibility index (Phi) is 5.10. The Balaban J connectivity index is 1.83. The number of hydrogen-bond donors (Lipinski definition) is 1. The quantitative estimate of drug-likeness (QED) is 0.806. The number of benzene rings is 1. The number of carbonyl (C=O) groups excluding carboxylic acids is 2. The number of aromatic nitrogens is 1. The van der Waals surface area contributed by atoms with Crippen molar-refractivity contribution in [1.29, 1.82) is 0 Å². The summed E-state index contributed by atoms with van der Waals surface area (Å²) in [4.78, 5) is 35.2. The number of halogens is 1. The highest BCUT2D eigenvalue weighted by Gasteiger charge is 2.46. The van der Waals surface area contributed by atoms with Crippen LogP contribution in [0.2, 0.25) is 0 Å². The number of ketones is 1. The third-order valence-electron chi connectivity index (χ3n) is 5.75. The topological polar surface area (TPSA) is 71.4 Å². The molecule has 0 fully saturated rings. The second-order valence-corrected chi connectivity index (χ2v) is 8.76. The Morgan fingerprint density at radius 3 is 2.63 bits per heavy atom. The first-order valence-corrected chi connectivity index (χ1v) is 10.0. The van der Waals surface area contributed by atoms with Crippen LogP contribution in [0.4, 0.5) is 10.1 Å². The van der Waals surface area contributed by atoms with Gasteiger partial charge >= 0.3 is 0 Å². The van der Waals surface area contributed by atoms with Crippen LogP contribution in [0.1, 0.15) is 45.1 Å². The summed E-state index contributed by atoms with van der Waals surface area (Å²) in [6, 6.07) is 9.81. The van der Waals surface area contributed by atoms with Gasteiger partial charge in [0.2, 0.25) is 5.91 Å². The SMILES string of the molecule is CC1=NC2=C(C(=O)CC(C)(C)C2)[C@@H](c2ccccc2F)C1C(=O)Nc1cccnc1. The number of rotatable bonds is 3. The molecule has 30 heavy (non-hydrogen) atoms. The van der Waals surface area contributed by atoms with Gasteiger partial charge in [0.15, 0.2) is 5.78 Å². The number of carbonyl (C=O) groups is 2. The van der Waals surface area contributed by atoms with Crippen molar-refractivity contribution in [2.75, 3.05) is 5.32 Å². The summed E-state index contributed by atoms with van der Waals surface area (Å²) >= 11 is 0.